The lowest BCUT2D eigenvalue weighted by Gasteiger charge is -2.04. The second kappa shape index (κ2) is 6.96. The summed E-state index contributed by atoms with van der Waals surface area (Å²) < 4.78 is 10.7. The highest BCUT2D eigenvalue weighted by atomic mass is 16.4. The fraction of sp³-hybridized carbons (Fsp3) is 0.0476. The first-order valence-electron chi connectivity index (χ1n) is 8.42. The van der Waals surface area contributed by atoms with Gasteiger partial charge >= 0.3 is 5.63 Å². The Morgan fingerprint density at radius 1 is 1.11 bits per heavy atom. The Labute approximate surface area is 157 Å². The molecule has 2 aromatic heterocycles. The predicted molar refractivity (Wildman–Crippen MR) is 105 cm³/mol. The molecule has 2 aromatic carbocycles. The molecule has 0 spiro atoms. The summed E-state index contributed by atoms with van der Waals surface area (Å²) in [7, 11) is 0. The van der Waals surface area contributed by atoms with Crippen molar-refractivity contribution in [1.29, 1.82) is 0 Å². The van der Waals surface area contributed by atoms with Gasteiger partial charge in [0.1, 0.15) is 17.2 Å². The fourth-order valence-electron chi connectivity index (χ4n) is 2.91. The van der Waals surface area contributed by atoms with E-state index < -0.39 is 17.0 Å². The molecule has 0 atom stereocenters. The topological polar surface area (TPSA) is 102 Å². The van der Waals surface area contributed by atoms with Crippen molar-refractivity contribution in [2.45, 2.75) is 6.92 Å². The molecule has 0 aliphatic rings. The molecule has 0 aliphatic carbocycles. The molecule has 0 saturated heterocycles. The summed E-state index contributed by atoms with van der Waals surface area (Å²) in [5.41, 5.74) is 3.08. The number of hydrazone groups is 1. The molecule has 7 heteroatoms. The zero-order chi connectivity index (χ0) is 19.7. The lowest BCUT2D eigenvalue weighted by atomic mass is 10.1. The summed E-state index contributed by atoms with van der Waals surface area (Å²) in [4.78, 5) is 36.6. The van der Waals surface area contributed by atoms with Crippen LogP contribution in [0.4, 0.5) is 0 Å². The highest BCUT2D eigenvalue weighted by molar-refractivity contribution is 6.04. The van der Waals surface area contributed by atoms with Gasteiger partial charge in [-0.05, 0) is 36.8 Å². The molecule has 0 radical (unpaired) electrons. The number of nitrogens with zero attached hydrogens (tertiary/aromatic N) is 1. The van der Waals surface area contributed by atoms with E-state index in [1.807, 2.05) is 0 Å². The minimum atomic E-state index is -0.550. The molecule has 2 heterocycles. The Balaban J connectivity index is 1.75. The molecule has 4 rings (SSSR count). The molecule has 0 saturated carbocycles. The minimum Gasteiger partial charge on any atom is -0.463 e. The van der Waals surface area contributed by atoms with Crippen LogP contribution in [-0.2, 0) is 0 Å². The fourth-order valence-corrected chi connectivity index (χ4v) is 2.91. The van der Waals surface area contributed by atoms with Gasteiger partial charge in [-0.25, -0.2) is 10.2 Å². The summed E-state index contributed by atoms with van der Waals surface area (Å²) in [6, 6.07) is 13.3. The third kappa shape index (κ3) is 3.09. The highest BCUT2D eigenvalue weighted by Gasteiger charge is 2.13. The van der Waals surface area contributed by atoms with Crippen LogP contribution in [0.1, 0.15) is 21.5 Å². The number of hydrogen-bond donors (Lipinski definition) is 1. The first-order chi connectivity index (χ1) is 13.5. The van der Waals surface area contributed by atoms with Gasteiger partial charge in [-0.15, -0.1) is 0 Å². The number of fused-ring (bicyclic) bond motifs is 3. The second-order valence-corrected chi connectivity index (χ2v) is 6.15. The number of nitrogens with one attached hydrogen (secondary N) is 1. The molecule has 1 amide bonds. The maximum absolute atomic E-state index is 12.9. The third-order valence-corrected chi connectivity index (χ3v) is 4.29. The lowest BCUT2D eigenvalue weighted by Crippen LogP contribution is -2.18. The van der Waals surface area contributed by atoms with E-state index in [-0.39, 0.29) is 22.1 Å². The van der Waals surface area contributed by atoms with Crippen LogP contribution >= 0.6 is 0 Å². The maximum Gasteiger partial charge on any atom is 0.336 e. The van der Waals surface area contributed by atoms with Crippen molar-refractivity contribution in [1.82, 2.24) is 5.43 Å². The summed E-state index contributed by atoms with van der Waals surface area (Å²) in [6.45, 7) is 1.76. The van der Waals surface area contributed by atoms with Gasteiger partial charge in [-0.3, -0.25) is 9.59 Å². The molecule has 0 fully saturated rings. The standard InChI is InChI=1S/C21H14N2O5/c1-12-9-17(24)28-20-15(12)7-8-16-18(20)19(25)14(11-27-16)10-22-23-21(26)13-5-3-2-4-6-13/h2-11H,1H3,(H,23,26)/b22-10+. The van der Waals surface area contributed by atoms with E-state index in [0.717, 1.165) is 0 Å². The lowest BCUT2D eigenvalue weighted by molar-refractivity contribution is 0.0955. The summed E-state index contributed by atoms with van der Waals surface area (Å²) in [6.07, 6.45) is 2.43. The minimum absolute atomic E-state index is 0.109. The number of rotatable bonds is 3. The van der Waals surface area contributed by atoms with Crippen LogP contribution in [0.3, 0.4) is 0 Å². The molecule has 1 N–H and O–H groups in total. The first kappa shape index (κ1) is 17.4. The summed E-state index contributed by atoms with van der Waals surface area (Å²) in [5.74, 6) is -0.408. The van der Waals surface area contributed by atoms with E-state index in [4.69, 9.17) is 8.83 Å². The number of amides is 1. The molecular weight excluding hydrogens is 360 g/mol. The van der Waals surface area contributed by atoms with Crippen molar-refractivity contribution in [3.63, 3.8) is 0 Å². The molecular formula is C21H14N2O5. The molecule has 0 unspecified atom stereocenters. The highest BCUT2D eigenvalue weighted by Crippen LogP contribution is 2.24. The van der Waals surface area contributed by atoms with Crippen molar-refractivity contribution in [2.24, 2.45) is 5.10 Å². The van der Waals surface area contributed by atoms with Crippen LogP contribution in [0.2, 0.25) is 0 Å². The zero-order valence-electron chi connectivity index (χ0n) is 14.8. The maximum atomic E-state index is 12.9. The smallest absolute Gasteiger partial charge is 0.336 e. The average Bonchev–Trinajstić information content (AvgIpc) is 2.69. The third-order valence-electron chi connectivity index (χ3n) is 4.29. The van der Waals surface area contributed by atoms with Gasteiger partial charge < -0.3 is 8.83 Å². The number of benzene rings is 2. The van der Waals surface area contributed by atoms with Crippen molar-refractivity contribution in [3.8, 4) is 0 Å². The molecule has 138 valence electrons. The Bertz CT molecular complexity index is 1350. The van der Waals surface area contributed by atoms with Crippen LogP contribution in [0.5, 0.6) is 0 Å². The largest absolute Gasteiger partial charge is 0.463 e. The molecule has 28 heavy (non-hydrogen) atoms. The normalized spacial score (nSPS) is 11.3. The monoisotopic (exact) mass is 374 g/mol. The van der Waals surface area contributed by atoms with Crippen molar-refractivity contribution >= 4 is 34.1 Å². The quantitative estimate of drug-likeness (QED) is 0.257. The van der Waals surface area contributed by atoms with Crippen LogP contribution in [0, 0.1) is 6.92 Å². The van der Waals surface area contributed by atoms with Gasteiger partial charge in [0.25, 0.3) is 5.91 Å². The summed E-state index contributed by atoms with van der Waals surface area (Å²) >= 11 is 0. The van der Waals surface area contributed by atoms with E-state index in [9.17, 15) is 14.4 Å². The Morgan fingerprint density at radius 2 is 1.89 bits per heavy atom. The SMILES string of the molecule is Cc1cc(=O)oc2c1ccc1occ(/C=N/NC(=O)c3ccccc3)c(=O)c12. The second-order valence-electron chi connectivity index (χ2n) is 6.15. The molecule has 4 aromatic rings. The average molecular weight is 374 g/mol. The van der Waals surface area contributed by atoms with Crippen molar-refractivity contribution < 1.29 is 13.6 Å². The van der Waals surface area contributed by atoms with E-state index in [0.29, 0.717) is 16.5 Å². The predicted octanol–water partition coefficient (Wildman–Crippen LogP) is 2.97. The van der Waals surface area contributed by atoms with E-state index >= 15 is 0 Å². The molecule has 7 nitrogen and oxygen atoms in total. The Kier molecular flexibility index (Phi) is 4.33. The van der Waals surface area contributed by atoms with Crippen molar-refractivity contribution in [2.75, 3.05) is 0 Å². The molecule has 0 aliphatic heterocycles. The number of aryl methyl sites for hydroxylation is 1. The van der Waals surface area contributed by atoms with E-state index in [1.165, 1.54) is 18.5 Å². The van der Waals surface area contributed by atoms with Crippen LogP contribution < -0.4 is 16.5 Å². The Morgan fingerprint density at radius 3 is 2.68 bits per heavy atom. The van der Waals surface area contributed by atoms with Crippen LogP contribution in [-0.4, -0.2) is 12.1 Å². The Hall–Kier alpha value is -4.00. The first-order valence-corrected chi connectivity index (χ1v) is 8.42. The van der Waals surface area contributed by atoms with Gasteiger partial charge in [0.2, 0.25) is 5.43 Å². The van der Waals surface area contributed by atoms with Crippen molar-refractivity contribution in [3.05, 3.63) is 92.1 Å². The summed E-state index contributed by atoms with van der Waals surface area (Å²) in [5, 5.41) is 4.62. The number of carbonyl (C=O) groups is 1. The molecule has 0 bridgehead atoms. The number of hydrogen-bond acceptors (Lipinski definition) is 6. The zero-order valence-corrected chi connectivity index (χ0v) is 14.8. The van der Waals surface area contributed by atoms with Crippen LogP contribution in [0.25, 0.3) is 21.9 Å². The van der Waals surface area contributed by atoms with Gasteiger partial charge in [-0.2, -0.15) is 5.10 Å². The van der Waals surface area contributed by atoms with Gasteiger partial charge in [0.15, 0.2) is 5.58 Å². The van der Waals surface area contributed by atoms with E-state index in [2.05, 4.69) is 10.5 Å². The number of carbonyl (C=O) groups excluding carboxylic acids is 1. The van der Waals surface area contributed by atoms with Gasteiger partial charge in [-0.1, -0.05) is 18.2 Å². The van der Waals surface area contributed by atoms with Gasteiger partial charge in [0.05, 0.1) is 11.8 Å². The van der Waals surface area contributed by atoms with Crippen LogP contribution in [0.15, 0.2) is 78.3 Å². The van der Waals surface area contributed by atoms with Gasteiger partial charge in [0, 0.05) is 17.0 Å². The van der Waals surface area contributed by atoms with E-state index in [1.54, 1.807) is 49.4 Å².